The molecule has 0 spiro atoms. The van der Waals surface area contributed by atoms with E-state index in [4.69, 9.17) is 51.1 Å². The summed E-state index contributed by atoms with van der Waals surface area (Å²) in [7, 11) is 1.58. The van der Waals surface area contributed by atoms with Crippen LogP contribution in [0.1, 0.15) is 5.56 Å². The molecule has 2 aromatic carbocycles. The number of anilines is 1. The maximum Gasteiger partial charge on any atom is 0.156 e. The molecule has 0 atom stereocenters. The normalized spacial score (nSPS) is 10.6. The van der Waals surface area contributed by atoms with Gasteiger partial charge in [-0.3, -0.25) is 0 Å². The van der Waals surface area contributed by atoms with Crippen LogP contribution in [0.2, 0.25) is 20.1 Å². The standard InChI is InChI=1S/C14H10BrCl4NO/c1-21-14-9(15)4-7(16)5-12(14)20-6-8-10(17)2-3-11(18)13(8)19/h2-5,20H,6H2,1H3. The maximum atomic E-state index is 6.18. The lowest BCUT2D eigenvalue weighted by atomic mass is 10.2. The van der Waals surface area contributed by atoms with Gasteiger partial charge < -0.3 is 10.1 Å². The maximum absolute atomic E-state index is 6.18. The van der Waals surface area contributed by atoms with Gasteiger partial charge in [0.25, 0.3) is 0 Å². The first-order chi connectivity index (χ1) is 9.93. The van der Waals surface area contributed by atoms with E-state index in [0.29, 0.717) is 37.9 Å². The van der Waals surface area contributed by atoms with Crippen molar-refractivity contribution in [3.05, 3.63) is 54.4 Å². The monoisotopic (exact) mass is 427 g/mol. The minimum Gasteiger partial charge on any atom is -0.493 e. The third kappa shape index (κ3) is 3.91. The third-order valence-corrected chi connectivity index (χ3v) is 4.81. The van der Waals surface area contributed by atoms with Crippen molar-refractivity contribution in [1.29, 1.82) is 0 Å². The highest BCUT2D eigenvalue weighted by atomic mass is 79.9. The predicted octanol–water partition coefficient (Wildman–Crippen LogP) is 6.68. The highest BCUT2D eigenvalue weighted by Crippen LogP contribution is 2.38. The van der Waals surface area contributed by atoms with Crippen molar-refractivity contribution in [2.75, 3.05) is 12.4 Å². The Labute approximate surface area is 151 Å². The molecule has 0 saturated heterocycles. The second kappa shape index (κ2) is 7.30. The van der Waals surface area contributed by atoms with Gasteiger partial charge in [-0.25, -0.2) is 0 Å². The van der Waals surface area contributed by atoms with E-state index in [1.54, 1.807) is 31.4 Å². The van der Waals surface area contributed by atoms with Crippen LogP contribution in [-0.4, -0.2) is 7.11 Å². The topological polar surface area (TPSA) is 21.3 Å². The van der Waals surface area contributed by atoms with E-state index in [-0.39, 0.29) is 0 Å². The summed E-state index contributed by atoms with van der Waals surface area (Å²) in [6.07, 6.45) is 0. The molecule has 2 rings (SSSR count). The molecular formula is C14H10BrCl4NO. The van der Waals surface area contributed by atoms with Gasteiger partial charge in [0.2, 0.25) is 0 Å². The van der Waals surface area contributed by atoms with Crippen LogP contribution >= 0.6 is 62.3 Å². The largest absolute Gasteiger partial charge is 0.493 e. The van der Waals surface area contributed by atoms with E-state index >= 15 is 0 Å². The highest BCUT2D eigenvalue weighted by molar-refractivity contribution is 9.10. The fourth-order valence-electron chi connectivity index (χ4n) is 1.81. The van der Waals surface area contributed by atoms with E-state index in [1.807, 2.05) is 0 Å². The van der Waals surface area contributed by atoms with E-state index in [1.165, 1.54) is 0 Å². The highest BCUT2D eigenvalue weighted by Gasteiger charge is 2.13. The molecule has 2 nitrogen and oxygen atoms in total. The van der Waals surface area contributed by atoms with Gasteiger partial charge in [0, 0.05) is 22.2 Å². The molecule has 1 N–H and O–H groups in total. The smallest absolute Gasteiger partial charge is 0.156 e. The number of methoxy groups -OCH3 is 1. The van der Waals surface area contributed by atoms with Gasteiger partial charge >= 0.3 is 0 Å². The van der Waals surface area contributed by atoms with Crippen molar-refractivity contribution in [2.24, 2.45) is 0 Å². The van der Waals surface area contributed by atoms with Crippen LogP contribution < -0.4 is 10.1 Å². The van der Waals surface area contributed by atoms with Crippen molar-refractivity contribution in [3.63, 3.8) is 0 Å². The number of benzene rings is 2. The fourth-order valence-corrected chi connectivity index (χ4v) is 3.47. The first-order valence-corrected chi connectivity index (χ1v) is 8.13. The first kappa shape index (κ1) is 17.0. The molecule has 0 radical (unpaired) electrons. The molecule has 0 aliphatic rings. The SMILES string of the molecule is COc1c(Br)cc(Cl)cc1NCc1c(Cl)ccc(Cl)c1Cl. The lowest BCUT2D eigenvalue weighted by molar-refractivity contribution is 0.414. The minimum absolute atomic E-state index is 0.390. The Bertz CT molecular complexity index is 679. The average molecular weight is 430 g/mol. The van der Waals surface area contributed by atoms with Gasteiger partial charge in [-0.05, 0) is 40.2 Å². The molecule has 0 amide bonds. The molecule has 21 heavy (non-hydrogen) atoms. The second-order valence-corrected chi connectivity index (χ2v) is 6.63. The van der Waals surface area contributed by atoms with Crippen LogP contribution in [0, 0.1) is 0 Å². The summed E-state index contributed by atoms with van der Waals surface area (Å²) in [5.74, 6) is 0.647. The van der Waals surface area contributed by atoms with Crippen LogP contribution in [0.5, 0.6) is 5.75 Å². The predicted molar refractivity (Wildman–Crippen MR) is 94.5 cm³/mol. The second-order valence-electron chi connectivity index (χ2n) is 4.14. The molecular weight excluding hydrogens is 420 g/mol. The number of nitrogens with one attached hydrogen (secondary N) is 1. The number of hydrogen-bond acceptors (Lipinski definition) is 2. The van der Waals surface area contributed by atoms with Crippen molar-refractivity contribution < 1.29 is 4.74 Å². The van der Waals surface area contributed by atoms with Crippen molar-refractivity contribution in [1.82, 2.24) is 0 Å². The summed E-state index contributed by atoms with van der Waals surface area (Å²) < 4.78 is 6.10. The molecule has 0 bridgehead atoms. The molecule has 0 unspecified atom stereocenters. The molecule has 0 fully saturated rings. The van der Waals surface area contributed by atoms with E-state index < -0.39 is 0 Å². The third-order valence-electron chi connectivity index (χ3n) is 2.81. The van der Waals surface area contributed by atoms with Crippen LogP contribution in [0.4, 0.5) is 5.69 Å². The Balaban J connectivity index is 2.31. The van der Waals surface area contributed by atoms with Crippen LogP contribution in [0.25, 0.3) is 0 Å². The Morgan fingerprint density at radius 2 is 1.76 bits per heavy atom. The first-order valence-electron chi connectivity index (χ1n) is 5.83. The van der Waals surface area contributed by atoms with Gasteiger partial charge in [0.05, 0.1) is 27.3 Å². The summed E-state index contributed by atoms with van der Waals surface area (Å²) in [6.45, 7) is 0.390. The van der Waals surface area contributed by atoms with E-state index in [0.717, 1.165) is 10.2 Å². The van der Waals surface area contributed by atoms with Gasteiger partial charge in [0.1, 0.15) is 0 Å². The Hall–Kier alpha value is -0.320. The number of rotatable bonds is 4. The Morgan fingerprint density at radius 1 is 1.10 bits per heavy atom. The fraction of sp³-hybridized carbons (Fsp3) is 0.143. The molecule has 2 aromatic rings. The quantitative estimate of drug-likeness (QED) is 0.547. The summed E-state index contributed by atoms with van der Waals surface area (Å²) in [4.78, 5) is 0. The number of hydrogen-bond donors (Lipinski definition) is 1. The van der Waals surface area contributed by atoms with Crippen LogP contribution in [-0.2, 0) is 6.54 Å². The Morgan fingerprint density at radius 3 is 2.43 bits per heavy atom. The summed E-state index contributed by atoms with van der Waals surface area (Å²) in [5.41, 5.74) is 1.44. The lowest BCUT2D eigenvalue weighted by Crippen LogP contribution is -2.03. The molecule has 0 heterocycles. The average Bonchev–Trinajstić information content (AvgIpc) is 2.42. The van der Waals surface area contributed by atoms with Crippen LogP contribution in [0.3, 0.4) is 0 Å². The van der Waals surface area contributed by atoms with Gasteiger partial charge in [-0.15, -0.1) is 0 Å². The zero-order valence-corrected chi connectivity index (χ0v) is 15.4. The molecule has 0 aliphatic heterocycles. The minimum atomic E-state index is 0.390. The molecule has 0 aliphatic carbocycles. The van der Waals surface area contributed by atoms with Crippen molar-refractivity contribution >= 4 is 68.0 Å². The molecule has 0 saturated carbocycles. The molecule has 0 aromatic heterocycles. The van der Waals surface area contributed by atoms with Crippen molar-refractivity contribution in [3.8, 4) is 5.75 Å². The van der Waals surface area contributed by atoms with E-state index in [9.17, 15) is 0 Å². The summed E-state index contributed by atoms with van der Waals surface area (Å²) >= 11 is 27.8. The van der Waals surface area contributed by atoms with Gasteiger partial charge in [-0.1, -0.05) is 46.4 Å². The van der Waals surface area contributed by atoms with Crippen LogP contribution in [0.15, 0.2) is 28.7 Å². The van der Waals surface area contributed by atoms with Gasteiger partial charge in [0.15, 0.2) is 5.75 Å². The zero-order chi connectivity index (χ0) is 15.6. The van der Waals surface area contributed by atoms with Gasteiger partial charge in [-0.2, -0.15) is 0 Å². The molecule has 7 heteroatoms. The number of ether oxygens (including phenoxy) is 1. The number of halogens is 5. The van der Waals surface area contributed by atoms with E-state index in [2.05, 4.69) is 21.2 Å². The summed E-state index contributed by atoms with van der Waals surface area (Å²) in [6, 6.07) is 6.88. The molecule has 112 valence electrons. The van der Waals surface area contributed by atoms with Crippen molar-refractivity contribution in [2.45, 2.75) is 6.54 Å². The lowest BCUT2D eigenvalue weighted by Gasteiger charge is -2.15. The summed E-state index contributed by atoms with van der Waals surface area (Å²) in [5, 5.41) is 5.20. The Kier molecular flexibility index (Phi) is 5.92. The zero-order valence-electron chi connectivity index (χ0n) is 10.8.